The Kier molecular flexibility index (Phi) is 5.00. The summed E-state index contributed by atoms with van der Waals surface area (Å²) in [6, 6.07) is 5.68. The number of hydrogen-bond donors (Lipinski definition) is 1. The predicted octanol–water partition coefficient (Wildman–Crippen LogP) is 3.70. The quantitative estimate of drug-likeness (QED) is 0.913. The molecule has 0 amide bonds. The van der Waals surface area contributed by atoms with Crippen LogP contribution in [0, 0.1) is 12.8 Å². The molecule has 0 saturated heterocycles. The molecule has 0 aliphatic heterocycles. The first-order chi connectivity index (χ1) is 9.08. The van der Waals surface area contributed by atoms with Gasteiger partial charge in [-0.3, -0.25) is 4.79 Å². The Morgan fingerprint density at radius 3 is 2.68 bits per heavy atom. The molecular weight excluding hydrogens is 260 g/mol. The van der Waals surface area contributed by atoms with Crippen LogP contribution in [-0.4, -0.2) is 17.0 Å². The molecule has 1 saturated carbocycles. The smallest absolute Gasteiger partial charge is 0.165 e. The first kappa shape index (κ1) is 14.5. The maximum absolute atomic E-state index is 12.1. The van der Waals surface area contributed by atoms with E-state index in [1.165, 1.54) is 6.42 Å². The average molecular weight is 281 g/mol. The molecule has 0 bridgehead atoms. The molecule has 0 spiro atoms. The van der Waals surface area contributed by atoms with Gasteiger partial charge in [-0.1, -0.05) is 43.0 Å². The summed E-state index contributed by atoms with van der Waals surface area (Å²) in [6.45, 7) is 1.97. The summed E-state index contributed by atoms with van der Waals surface area (Å²) < 4.78 is 0. The second kappa shape index (κ2) is 6.53. The van der Waals surface area contributed by atoms with Crippen LogP contribution in [0.4, 0.5) is 0 Å². The number of ketones is 1. The third-order valence-corrected chi connectivity index (χ3v) is 4.35. The van der Waals surface area contributed by atoms with Crippen molar-refractivity contribution in [3.05, 3.63) is 34.3 Å². The number of aliphatic hydroxyl groups excluding tert-OH is 1. The van der Waals surface area contributed by atoms with Gasteiger partial charge >= 0.3 is 0 Å². The number of carbonyl (C=O) groups is 1. The lowest BCUT2D eigenvalue weighted by Gasteiger charge is -2.25. The van der Waals surface area contributed by atoms with E-state index in [0.29, 0.717) is 5.02 Å². The number of halogens is 1. The third kappa shape index (κ3) is 3.80. The summed E-state index contributed by atoms with van der Waals surface area (Å²) in [6.07, 6.45) is 4.82. The Morgan fingerprint density at radius 2 is 2.05 bits per heavy atom. The molecule has 1 unspecified atom stereocenters. The van der Waals surface area contributed by atoms with E-state index in [9.17, 15) is 9.90 Å². The summed E-state index contributed by atoms with van der Waals surface area (Å²) in [4.78, 5) is 12.1. The second-order valence-electron chi connectivity index (χ2n) is 5.58. The number of benzene rings is 1. The summed E-state index contributed by atoms with van der Waals surface area (Å²) in [5, 5.41) is 10.8. The van der Waals surface area contributed by atoms with Crippen molar-refractivity contribution in [1.29, 1.82) is 0 Å². The Bertz CT molecular complexity index is 450. The Hall–Kier alpha value is -0.860. The SMILES string of the molecule is Cc1ccc(CC(=O)C(O)C2CCCCC2)c(Cl)c1. The molecule has 1 aromatic rings. The monoisotopic (exact) mass is 280 g/mol. The van der Waals surface area contributed by atoms with E-state index in [0.717, 1.165) is 36.8 Å². The zero-order chi connectivity index (χ0) is 13.8. The van der Waals surface area contributed by atoms with Crippen LogP contribution in [0.25, 0.3) is 0 Å². The van der Waals surface area contributed by atoms with Crippen molar-refractivity contribution in [2.75, 3.05) is 0 Å². The molecule has 1 aliphatic carbocycles. The lowest BCUT2D eigenvalue weighted by molar-refractivity contribution is -0.129. The highest BCUT2D eigenvalue weighted by atomic mass is 35.5. The van der Waals surface area contributed by atoms with Crippen LogP contribution in [0.1, 0.15) is 43.2 Å². The fraction of sp³-hybridized carbons (Fsp3) is 0.562. The largest absolute Gasteiger partial charge is 0.385 e. The molecule has 2 rings (SSSR count). The van der Waals surface area contributed by atoms with Crippen molar-refractivity contribution < 1.29 is 9.90 Å². The van der Waals surface area contributed by atoms with E-state index in [4.69, 9.17) is 11.6 Å². The molecule has 2 nitrogen and oxygen atoms in total. The van der Waals surface area contributed by atoms with Crippen LogP contribution < -0.4 is 0 Å². The summed E-state index contributed by atoms with van der Waals surface area (Å²) >= 11 is 6.13. The maximum atomic E-state index is 12.1. The van der Waals surface area contributed by atoms with E-state index in [2.05, 4.69) is 0 Å². The Balaban J connectivity index is 1.99. The first-order valence-corrected chi connectivity index (χ1v) is 7.41. The van der Waals surface area contributed by atoms with E-state index < -0.39 is 6.10 Å². The molecule has 1 atom stereocenters. The molecule has 19 heavy (non-hydrogen) atoms. The first-order valence-electron chi connectivity index (χ1n) is 7.03. The number of Topliss-reactive ketones (excluding diaryl/α,β-unsaturated/α-hetero) is 1. The van der Waals surface area contributed by atoms with Crippen LogP contribution in [0.3, 0.4) is 0 Å². The summed E-state index contributed by atoms with van der Waals surface area (Å²) in [5.74, 6) is 0.0446. The molecule has 0 radical (unpaired) electrons. The Morgan fingerprint density at radius 1 is 1.37 bits per heavy atom. The molecule has 1 N–H and O–H groups in total. The van der Waals surface area contributed by atoms with Crippen molar-refractivity contribution in [2.45, 2.75) is 51.6 Å². The molecule has 3 heteroatoms. The molecule has 1 aromatic carbocycles. The average Bonchev–Trinajstić information content (AvgIpc) is 2.42. The van der Waals surface area contributed by atoms with Gasteiger partial charge < -0.3 is 5.11 Å². The molecule has 1 aliphatic rings. The molecular formula is C16H21ClO2. The normalized spacial score (nSPS) is 18.3. The zero-order valence-corrected chi connectivity index (χ0v) is 12.1. The number of hydrogen-bond acceptors (Lipinski definition) is 2. The van der Waals surface area contributed by atoms with Gasteiger partial charge in [0.1, 0.15) is 6.10 Å². The van der Waals surface area contributed by atoms with Crippen molar-refractivity contribution in [1.82, 2.24) is 0 Å². The standard InChI is InChI=1S/C16H21ClO2/c1-11-7-8-13(14(17)9-11)10-15(18)16(19)12-5-3-2-4-6-12/h7-9,12,16,19H,2-6,10H2,1H3. The highest BCUT2D eigenvalue weighted by Crippen LogP contribution is 2.28. The van der Waals surface area contributed by atoms with E-state index >= 15 is 0 Å². The minimum absolute atomic E-state index is 0.0994. The van der Waals surface area contributed by atoms with Gasteiger partial charge in [0.05, 0.1) is 0 Å². The number of rotatable bonds is 4. The van der Waals surface area contributed by atoms with E-state index in [-0.39, 0.29) is 18.1 Å². The second-order valence-corrected chi connectivity index (χ2v) is 5.99. The van der Waals surface area contributed by atoms with Crippen LogP contribution in [0.15, 0.2) is 18.2 Å². The Labute approximate surface area is 119 Å². The van der Waals surface area contributed by atoms with Gasteiger partial charge in [0.15, 0.2) is 5.78 Å². The fourth-order valence-corrected chi connectivity index (χ4v) is 3.10. The van der Waals surface area contributed by atoms with Crippen molar-refractivity contribution in [2.24, 2.45) is 5.92 Å². The van der Waals surface area contributed by atoms with Gasteiger partial charge in [0.2, 0.25) is 0 Å². The molecule has 1 fully saturated rings. The maximum Gasteiger partial charge on any atom is 0.165 e. The molecule has 0 heterocycles. The van der Waals surface area contributed by atoms with Crippen LogP contribution in [0.2, 0.25) is 5.02 Å². The van der Waals surface area contributed by atoms with Gasteiger partial charge in [-0.05, 0) is 42.9 Å². The van der Waals surface area contributed by atoms with Gasteiger partial charge in [0, 0.05) is 11.4 Å². The topological polar surface area (TPSA) is 37.3 Å². The van der Waals surface area contributed by atoms with E-state index in [1.807, 2.05) is 25.1 Å². The fourth-order valence-electron chi connectivity index (χ4n) is 2.80. The predicted molar refractivity (Wildman–Crippen MR) is 77.5 cm³/mol. The third-order valence-electron chi connectivity index (χ3n) is 4.00. The van der Waals surface area contributed by atoms with Gasteiger partial charge in [0.25, 0.3) is 0 Å². The lowest BCUT2D eigenvalue weighted by atomic mass is 9.83. The van der Waals surface area contributed by atoms with Crippen LogP contribution in [0.5, 0.6) is 0 Å². The van der Waals surface area contributed by atoms with Crippen LogP contribution >= 0.6 is 11.6 Å². The highest BCUT2D eigenvalue weighted by Gasteiger charge is 2.27. The van der Waals surface area contributed by atoms with Crippen LogP contribution in [-0.2, 0) is 11.2 Å². The highest BCUT2D eigenvalue weighted by molar-refractivity contribution is 6.31. The number of aliphatic hydroxyl groups is 1. The van der Waals surface area contributed by atoms with Gasteiger partial charge in [-0.25, -0.2) is 0 Å². The summed E-state index contributed by atoms with van der Waals surface area (Å²) in [5.41, 5.74) is 1.89. The van der Waals surface area contributed by atoms with Gasteiger partial charge in [-0.15, -0.1) is 0 Å². The molecule has 0 aromatic heterocycles. The van der Waals surface area contributed by atoms with Crippen molar-refractivity contribution in [3.8, 4) is 0 Å². The van der Waals surface area contributed by atoms with E-state index in [1.54, 1.807) is 0 Å². The summed E-state index contributed by atoms with van der Waals surface area (Å²) in [7, 11) is 0. The molecule has 104 valence electrons. The van der Waals surface area contributed by atoms with Crippen molar-refractivity contribution in [3.63, 3.8) is 0 Å². The minimum Gasteiger partial charge on any atom is -0.385 e. The van der Waals surface area contributed by atoms with Crippen molar-refractivity contribution >= 4 is 17.4 Å². The lowest BCUT2D eigenvalue weighted by Crippen LogP contribution is -2.32. The van der Waals surface area contributed by atoms with Gasteiger partial charge in [-0.2, -0.15) is 0 Å². The number of aryl methyl sites for hydroxylation is 1. The number of carbonyl (C=O) groups excluding carboxylic acids is 1. The zero-order valence-electron chi connectivity index (χ0n) is 11.4. The minimum atomic E-state index is -0.822.